The molecule has 98 valence electrons. The van der Waals surface area contributed by atoms with Crippen molar-refractivity contribution in [1.29, 1.82) is 0 Å². The third-order valence-corrected chi connectivity index (χ3v) is 3.50. The molecule has 1 saturated heterocycles. The second-order valence-corrected chi connectivity index (χ2v) is 4.60. The molecule has 0 saturated carbocycles. The van der Waals surface area contributed by atoms with E-state index in [0.717, 1.165) is 11.9 Å². The molecule has 0 radical (unpaired) electrons. The average Bonchev–Trinajstić information content (AvgIpc) is 3.05. The molecular formula is C13H13N3O3. The molecule has 0 aliphatic carbocycles. The third kappa shape index (κ3) is 1.85. The lowest BCUT2D eigenvalue weighted by Gasteiger charge is -2.19. The molecule has 3 rings (SSSR count). The Labute approximate surface area is 109 Å². The van der Waals surface area contributed by atoms with Crippen LogP contribution in [-0.2, 0) is 0 Å². The van der Waals surface area contributed by atoms with Crippen molar-refractivity contribution >= 4 is 22.9 Å². The summed E-state index contributed by atoms with van der Waals surface area (Å²) in [5.74, 6) is -0.176. The van der Waals surface area contributed by atoms with Gasteiger partial charge >= 0.3 is 6.09 Å². The summed E-state index contributed by atoms with van der Waals surface area (Å²) in [4.78, 5) is 32.0. The Morgan fingerprint density at radius 2 is 2.32 bits per heavy atom. The molecule has 3 heterocycles. The molecule has 1 aliphatic rings. The Morgan fingerprint density at radius 1 is 1.47 bits per heavy atom. The number of amides is 1. The molecule has 0 bridgehead atoms. The molecule has 1 aliphatic heterocycles. The summed E-state index contributed by atoms with van der Waals surface area (Å²) >= 11 is 0. The highest BCUT2D eigenvalue weighted by atomic mass is 16.4. The van der Waals surface area contributed by atoms with Crippen LogP contribution in [0.25, 0.3) is 11.0 Å². The smallest absolute Gasteiger partial charge is 0.407 e. The zero-order chi connectivity index (χ0) is 13.4. The standard InChI is InChI=1S/C13H13N3O3/c17-12(10-4-2-6-16(10)13(18)19)8-7-15-9-3-1-5-14-11(8)9/h1,3,5,7,10,15H,2,4,6H2,(H,18,19). The molecule has 6 heteroatoms. The molecule has 2 N–H and O–H groups in total. The van der Waals surface area contributed by atoms with Crippen LogP contribution in [0.5, 0.6) is 0 Å². The number of carbonyl (C=O) groups excluding carboxylic acids is 1. The number of carboxylic acid groups (broad SMARTS) is 1. The second-order valence-electron chi connectivity index (χ2n) is 4.60. The number of fused-ring (bicyclic) bond motifs is 1. The van der Waals surface area contributed by atoms with Crippen molar-refractivity contribution in [3.63, 3.8) is 0 Å². The third-order valence-electron chi connectivity index (χ3n) is 3.50. The fourth-order valence-corrected chi connectivity index (χ4v) is 2.59. The predicted molar refractivity (Wildman–Crippen MR) is 68.2 cm³/mol. The first kappa shape index (κ1) is 11.7. The van der Waals surface area contributed by atoms with E-state index in [4.69, 9.17) is 5.11 Å². The number of H-pyrrole nitrogens is 1. The van der Waals surface area contributed by atoms with E-state index >= 15 is 0 Å². The number of pyridine rings is 1. The number of likely N-dealkylation sites (tertiary alicyclic amines) is 1. The van der Waals surface area contributed by atoms with Crippen molar-refractivity contribution in [2.75, 3.05) is 6.54 Å². The first-order valence-electron chi connectivity index (χ1n) is 6.14. The fourth-order valence-electron chi connectivity index (χ4n) is 2.59. The van der Waals surface area contributed by atoms with Crippen LogP contribution in [0.2, 0.25) is 0 Å². The van der Waals surface area contributed by atoms with Crippen LogP contribution >= 0.6 is 0 Å². The summed E-state index contributed by atoms with van der Waals surface area (Å²) in [7, 11) is 0. The molecule has 0 spiro atoms. The number of nitrogens with one attached hydrogen (secondary N) is 1. The SMILES string of the molecule is O=C(c1c[nH]c2cccnc12)C1CCCN1C(=O)O. The molecule has 1 atom stereocenters. The van der Waals surface area contributed by atoms with Crippen LogP contribution in [-0.4, -0.2) is 44.4 Å². The number of ketones is 1. The highest BCUT2D eigenvalue weighted by Crippen LogP contribution is 2.24. The van der Waals surface area contributed by atoms with Gasteiger partial charge in [-0.2, -0.15) is 0 Å². The van der Waals surface area contributed by atoms with Crippen LogP contribution in [0.3, 0.4) is 0 Å². The minimum Gasteiger partial charge on any atom is -0.465 e. The first-order valence-corrected chi connectivity index (χ1v) is 6.14. The molecule has 2 aromatic rings. The summed E-state index contributed by atoms with van der Waals surface area (Å²) in [6.45, 7) is 0.418. The maximum absolute atomic E-state index is 12.5. The van der Waals surface area contributed by atoms with Gasteiger partial charge in [0.25, 0.3) is 0 Å². The van der Waals surface area contributed by atoms with Crippen molar-refractivity contribution in [2.24, 2.45) is 0 Å². The van der Waals surface area contributed by atoms with Gasteiger partial charge in [0, 0.05) is 18.9 Å². The van der Waals surface area contributed by atoms with Crippen molar-refractivity contribution in [1.82, 2.24) is 14.9 Å². The monoisotopic (exact) mass is 259 g/mol. The Bertz CT molecular complexity index is 649. The topological polar surface area (TPSA) is 86.3 Å². The van der Waals surface area contributed by atoms with Crippen molar-refractivity contribution in [3.8, 4) is 0 Å². The van der Waals surface area contributed by atoms with E-state index in [1.54, 1.807) is 18.5 Å². The van der Waals surface area contributed by atoms with Crippen LogP contribution in [0.15, 0.2) is 24.5 Å². The molecule has 19 heavy (non-hydrogen) atoms. The molecule has 6 nitrogen and oxygen atoms in total. The van der Waals surface area contributed by atoms with Crippen molar-refractivity contribution in [3.05, 3.63) is 30.1 Å². The van der Waals surface area contributed by atoms with E-state index in [9.17, 15) is 9.59 Å². The zero-order valence-corrected chi connectivity index (χ0v) is 10.2. The van der Waals surface area contributed by atoms with Crippen molar-refractivity contribution < 1.29 is 14.7 Å². The number of rotatable bonds is 2. The van der Waals surface area contributed by atoms with Gasteiger partial charge < -0.3 is 10.1 Å². The van der Waals surface area contributed by atoms with Gasteiger partial charge in [-0.15, -0.1) is 0 Å². The van der Waals surface area contributed by atoms with Gasteiger partial charge in [-0.3, -0.25) is 14.7 Å². The highest BCUT2D eigenvalue weighted by Gasteiger charge is 2.35. The van der Waals surface area contributed by atoms with E-state index in [1.807, 2.05) is 6.07 Å². The lowest BCUT2D eigenvalue weighted by Crippen LogP contribution is -2.39. The molecule has 1 fully saturated rings. The van der Waals surface area contributed by atoms with Crippen LogP contribution in [0.1, 0.15) is 23.2 Å². The van der Waals surface area contributed by atoms with Gasteiger partial charge in [-0.25, -0.2) is 4.79 Å². The van der Waals surface area contributed by atoms with Gasteiger partial charge in [0.15, 0.2) is 5.78 Å². The van der Waals surface area contributed by atoms with Gasteiger partial charge in [-0.05, 0) is 25.0 Å². The number of aromatic nitrogens is 2. The predicted octanol–water partition coefficient (Wildman–Crippen LogP) is 1.89. The summed E-state index contributed by atoms with van der Waals surface area (Å²) in [6, 6.07) is 3.04. The lowest BCUT2D eigenvalue weighted by molar-refractivity contribution is 0.0846. The minimum absolute atomic E-state index is 0.176. The highest BCUT2D eigenvalue weighted by molar-refractivity contribution is 6.09. The summed E-state index contributed by atoms with van der Waals surface area (Å²) in [5.41, 5.74) is 1.85. The Hall–Kier alpha value is -2.37. The van der Waals surface area contributed by atoms with Gasteiger partial charge in [0.2, 0.25) is 0 Å². The zero-order valence-electron chi connectivity index (χ0n) is 10.2. The number of nitrogens with zero attached hydrogens (tertiary/aromatic N) is 2. The van der Waals surface area contributed by atoms with E-state index in [-0.39, 0.29) is 5.78 Å². The number of aromatic amines is 1. The van der Waals surface area contributed by atoms with E-state index in [1.165, 1.54) is 4.90 Å². The maximum atomic E-state index is 12.5. The molecule has 0 aromatic carbocycles. The van der Waals surface area contributed by atoms with Crippen LogP contribution in [0, 0.1) is 0 Å². The minimum atomic E-state index is -1.04. The maximum Gasteiger partial charge on any atom is 0.407 e. The summed E-state index contributed by atoms with van der Waals surface area (Å²) < 4.78 is 0. The Balaban J connectivity index is 1.98. The lowest BCUT2D eigenvalue weighted by atomic mass is 10.0. The second kappa shape index (κ2) is 4.38. The summed E-state index contributed by atoms with van der Waals surface area (Å²) in [6.07, 6.45) is 3.49. The fraction of sp³-hybridized carbons (Fsp3) is 0.308. The van der Waals surface area contributed by atoms with E-state index in [0.29, 0.717) is 24.0 Å². The van der Waals surface area contributed by atoms with E-state index < -0.39 is 12.1 Å². The quantitative estimate of drug-likeness (QED) is 0.806. The largest absolute Gasteiger partial charge is 0.465 e. The van der Waals surface area contributed by atoms with Gasteiger partial charge in [0.05, 0.1) is 22.6 Å². The Kier molecular flexibility index (Phi) is 2.70. The van der Waals surface area contributed by atoms with Gasteiger partial charge in [-0.1, -0.05) is 0 Å². The van der Waals surface area contributed by atoms with Crippen molar-refractivity contribution in [2.45, 2.75) is 18.9 Å². The van der Waals surface area contributed by atoms with E-state index in [2.05, 4.69) is 9.97 Å². The number of Topliss-reactive ketones (excluding diaryl/α,β-unsaturated/α-hetero) is 1. The summed E-state index contributed by atoms with van der Waals surface area (Å²) in [5, 5.41) is 9.09. The first-order chi connectivity index (χ1) is 9.18. The van der Waals surface area contributed by atoms with Crippen LogP contribution < -0.4 is 0 Å². The molecular weight excluding hydrogens is 246 g/mol. The number of hydrogen-bond donors (Lipinski definition) is 2. The molecule has 2 aromatic heterocycles. The Morgan fingerprint density at radius 3 is 3.11 bits per heavy atom. The molecule has 1 unspecified atom stereocenters. The van der Waals surface area contributed by atoms with Crippen LogP contribution in [0.4, 0.5) is 4.79 Å². The number of hydrogen-bond acceptors (Lipinski definition) is 3. The molecule has 1 amide bonds. The average molecular weight is 259 g/mol. The number of carbonyl (C=O) groups is 2. The van der Waals surface area contributed by atoms with Gasteiger partial charge in [0.1, 0.15) is 0 Å². The normalized spacial score (nSPS) is 18.9.